The standard InChI is InChI=1S/C20H17N3O3/c1-25-17-10-6-4-8-15(17)14-7-3-5-9-16(14)23-12-13(11-21)18(22)19(23)20(24)26-2/h3-10,12H,22H2,1-2H3. The summed E-state index contributed by atoms with van der Waals surface area (Å²) in [5, 5.41) is 9.31. The van der Waals surface area contributed by atoms with Crippen molar-refractivity contribution >= 4 is 11.7 Å². The third kappa shape index (κ3) is 2.76. The Morgan fingerprint density at radius 3 is 2.38 bits per heavy atom. The van der Waals surface area contributed by atoms with Gasteiger partial charge in [-0.3, -0.25) is 0 Å². The molecule has 1 aromatic heterocycles. The van der Waals surface area contributed by atoms with Crippen molar-refractivity contribution in [2.24, 2.45) is 0 Å². The van der Waals surface area contributed by atoms with E-state index in [0.717, 1.165) is 11.1 Å². The molecule has 0 bridgehead atoms. The summed E-state index contributed by atoms with van der Waals surface area (Å²) >= 11 is 0. The van der Waals surface area contributed by atoms with Crippen LogP contribution in [0.4, 0.5) is 5.69 Å². The molecular weight excluding hydrogens is 330 g/mol. The molecule has 3 aromatic rings. The first-order valence-electron chi connectivity index (χ1n) is 7.84. The number of nitrogens with two attached hydrogens (primary N) is 1. The van der Waals surface area contributed by atoms with Gasteiger partial charge in [-0.2, -0.15) is 5.26 Å². The first-order chi connectivity index (χ1) is 12.6. The number of nitriles is 1. The summed E-state index contributed by atoms with van der Waals surface area (Å²) in [6.07, 6.45) is 1.54. The molecular formula is C20H17N3O3. The van der Waals surface area contributed by atoms with Gasteiger partial charge in [0.2, 0.25) is 0 Å². The predicted molar refractivity (Wildman–Crippen MR) is 98.2 cm³/mol. The maximum Gasteiger partial charge on any atom is 0.357 e. The van der Waals surface area contributed by atoms with E-state index in [-0.39, 0.29) is 16.9 Å². The Kier molecular flexibility index (Phi) is 4.63. The molecule has 0 saturated carbocycles. The van der Waals surface area contributed by atoms with E-state index >= 15 is 0 Å². The summed E-state index contributed by atoms with van der Waals surface area (Å²) in [6.45, 7) is 0. The number of nitrogens with zero attached hydrogens (tertiary/aromatic N) is 2. The lowest BCUT2D eigenvalue weighted by Gasteiger charge is -2.15. The first-order valence-corrected chi connectivity index (χ1v) is 7.84. The number of para-hydroxylation sites is 2. The zero-order valence-corrected chi connectivity index (χ0v) is 14.4. The number of nitrogen functional groups attached to an aromatic ring is 1. The Bertz CT molecular complexity index is 1020. The van der Waals surface area contributed by atoms with Crippen LogP contribution in [0.3, 0.4) is 0 Å². The molecule has 0 spiro atoms. The SMILES string of the molecule is COC(=O)c1c(N)c(C#N)cn1-c1ccccc1-c1ccccc1OC. The highest BCUT2D eigenvalue weighted by Crippen LogP contribution is 2.36. The smallest absolute Gasteiger partial charge is 0.357 e. The van der Waals surface area contributed by atoms with E-state index in [2.05, 4.69) is 0 Å². The minimum absolute atomic E-state index is 0.0918. The molecule has 0 atom stereocenters. The van der Waals surface area contributed by atoms with Crippen molar-refractivity contribution in [1.29, 1.82) is 5.26 Å². The number of benzene rings is 2. The highest BCUT2D eigenvalue weighted by molar-refractivity contribution is 5.96. The molecule has 130 valence electrons. The molecule has 0 radical (unpaired) electrons. The minimum Gasteiger partial charge on any atom is -0.496 e. The number of ether oxygens (including phenoxy) is 2. The van der Waals surface area contributed by atoms with Crippen LogP contribution in [0, 0.1) is 11.3 Å². The number of rotatable bonds is 4. The van der Waals surface area contributed by atoms with Crippen LogP contribution in [0.1, 0.15) is 16.1 Å². The van der Waals surface area contributed by atoms with E-state index in [9.17, 15) is 10.1 Å². The molecule has 1 heterocycles. The van der Waals surface area contributed by atoms with Gasteiger partial charge in [0, 0.05) is 17.3 Å². The number of aromatic nitrogens is 1. The Hall–Kier alpha value is -3.72. The predicted octanol–water partition coefficient (Wildman–Crippen LogP) is 3.39. The normalized spacial score (nSPS) is 10.2. The van der Waals surface area contributed by atoms with Crippen molar-refractivity contribution in [2.45, 2.75) is 0 Å². The summed E-state index contributed by atoms with van der Waals surface area (Å²) in [6, 6.07) is 17.1. The van der Waals surface area contributed by atoms with E-state index in [1.807, 2.05) is 54.6 Å². The summed E-state index contributed by atoms with van der Waals surface area (Å²) in [7, 11) is 2.88. The molecule has 0 aliphatic heterocycles. The van der Waals surface area contributed by atoms with Gasteiger partial charge >= 0.3 is 5.97 Å². The van der Waals surface area contributed by atoms with Crippen molar-refractivity contribution in [3.05, 3.63) is 66.0 Å². The van der Waals surface area contributed by atoms with E-state index in [0.29, 0.717) is 11.4 Å². The van der Waals surface area contributed by atoms with Crippen LogP contribution in [0.25, 0.3) is 16.8 Å². The van der Waals surface area contributed by atoms with Gasteiger partial charge in [-0.25, -0.2) is 4.79 Å². The monoisotopic (exact) mass is 347 g/mol. The molecule has 2 aromatic carbocycles. The zero-order chi connectivity index (χ0) is 18.7. The molecule has 6 nitrogen and oxygen atoms in total. The summed E-state index contributed by atoms with van der Waals surface area (Å²) in [4.78, 5) is 12.3. The number of carbonyl (C=O) groups is 1. The quantitative estimate of drug-likeness (QED) is 0.731. The van der Waals surface area contributed by atoms with Gasteiger partial charge in [0.25, 0.3) is 0 Å². The van der Waals surface area contributed by atoms with Gasteiger partial charge in [-0.15, -0.1) is 0 Å². The van der Waals surface area contributed by atoms with Crippen LogP contribution in [0.2, 0.25) is 0 Å². The van der Waals surface area contributed by atoms with E-state index in [1.165, 1.54) is 13.3 Å². The summed E-state index contributed by atoms with van der Waals surface area (Å²) in [5.74, 6) is 0.0824. The number of hydrogen-bond donors (Lipinski definition) is 1. The minimum atomic E-state index is -0.612. The molecule has 0 unspecified atom stereocenters. The third-order valence-corrected chi connectivity index (χ3v) is 4.10. The lowest BCUT2D eigenvalue weighted by Crippen LogP contribution is -2.11. The maximum absolute atomic E-state index is 12.3. The third-order valence-electron chi connectivity index (χ3n) is 4.10. The van der Waals surface area contributed by atoms with Gasteiger partial charge in [0.1, 0.15) is 11.8 Å². The van der Waals surface area contributed by atoms with E-state index in [4.69, 9.17) is 15.2 Å². The second-order valence-electron chi connectivity index (χ2n) is 5.50. The Morgan fingerprint density at radius 2 is 1.73 bits per heavy atom. The number of anilines is 1. The second-order valence-corrected chi connectivity index (χ2v) is 5.50. The van der Waals surface area contributed by atoms with Gasteiger partial charge in [-0.05, 0) is 12.1 Å². The van der Waals surface area contributed by atoms with Crippen molar-refractivity contribution in [3.8, 4) is 28.6 Å². The van der Waals surface area contributed by atoms with Crippen molar-refractivity contribution in [3.63, 3.8) is 0 Å². The summed E-state index contributed by atoms with van der Waals surface area (Å²) < 4.78 is 11.9. The molecule has 0 aliphatic carbocycles. The fraction of sp³-hybridized carbons (Fsp3) is 0.100. The topological polar surface area (TPSA) is 90.3 Å². The van der Waals surface area contributed by atoms with Crippen LogP contribution in [-0.4, -0.2) is 24.8 Å². The van der Waals surface area contributed by atoms with E-state index < -0.39 is 5.97 Å². The van der Waals surface area contributed by atoms with Crippen molar-refractivity contribution < 1.29 is 14.3 Å². The lowest BCUT2D eigenvalue weighted by atomic mass is 10.0. The first kappa shape index (κ1) is 17.1. The van der Waals surface area contributed by atoms with Crippen molar-refractivity contribution in [2.75, 3.05) is 20.0 Å². The Balaban J connectivity index is 2.31. The molecule has 26 heavy (non-hydrogen) atoms. The number of carbonyl (C=O) groups excluding carboxylic acids is 1. The van der Waals surface area contributed by atoms with Gasteiger partial charge < -0.3 is 19.8 Å². The molecule has 0 aliphatic rings. The van der Waals surface area contributed by atoms with Gasteiger partial charge in [-0.1, -0.05) is 36.4 Å². The van der Waals surface area contributed by atoms with Crippen LogP contribution < -0.4 is 10.5 Å². The number of hydrogen-bond acceptors (Lipinski definition) is 5. The lowest BCUT2D eigenvalue weighted by molar-refractivity contribution is 0.0593. The van der Waals surface area contributed by atoms with Gasteiger partial charge in [0.05, 0.1) is 31.2 Å². The Labute approximate surface area is 151 Å². The highest BCUT2D eigenvalue weighted by atomic mass is 16.5. The van der Waals surface area contributed by atoms with Crippen LogP contribution >= 0.6 is 0 Å². The molecule has 2 N–H and O–H groups in total. The van der Waals surface area contributed by atoms with Crippen LogP contribution in [0.15, 0.2) is 54.7 Å². The summed E-state index contributed by atoms with van der Waals surface area (Å²) in [5.41, 5.74) is 8.79. The average molecular weight is 347 g/mol. The second kappa shape index (κ2) is 7.03. The van der Waals surface area contributed by atoms with Crippen LogP contribution in [-0.2, 0) is 4.74 Å². The largest absolute Gasteiger partial charge is 0.496 e. The molecule has 0 amide bonds. The molecule has 0 saturated heterocycles. The Morgan fingerprint density at radius 1 is 1.08 bits per heavy atom. The highest BCUT2D eigenvalue weighted by Gasteiger charge is 2.23. The van der Waals surface area contributed by atoms with E-state index in [1.54, 1.807) is 11.7 Å². The zero-order valence-electron chi connectivity index (χ0n) is 14.4. The average Bonchev–Trinajstić information content (AvgIpc) is 3.03. The fourth-order valence-electron chi connectivity index (χ4n) is 2.88. The van der Waals surface area contributed by atoms with Gasteiger partial charge in [0.15, 0.2) is 5.69 Å². The molecule has 3 rings (SSSR count). The van der Waals surface area contributed by atoms with Crippen molar-refractivity contribution in [1.82, 2.24) is 4.57 Å². The number of methoxy groups -OCH3 is 2. The molecule has 0 fully saturated rings. The maximum atomic E-state index is 12.3. The molecule has 6 heteroatoms. The fourth-order valence-corrected chi connectivity index (χ4v) is 2.88. The number of esters is 1. The van der Waals surface area contributed by atoms with Crippen LogP contribution in [0.5, 0.6) is 5.75 Å².